The van der Waals surface area contributed by atoms with Crippen LogP contribution in [0.1, 0.15) is 32.7 Å². The van der Waals surface area contributed by atoms with Gasteiger partial charge >= 0.3 is 0 Å². The molecular weight excluding hydrogens is 390 g/mol. The summed E-state index contributed by atoms with van der Waals surface area (Å²) in [5.74, 6) is -2.11. The van der Waals surface area contributed by atoms with Gasteiger partial charge in [0.1, 0.15) is 0 Å². The first-order chi connectivity index (χ1) is 14.0. The molecule has 0 heterocycles. The van der Waals surface area contributed by atoms with E-state index in [1.165, 1.54) is 18.2 Å². The van der Waals surface area contributed by atoms with Gasteiger partial charge in [0.05, 0.1) is 12.0 Å². The Morgan fingerprint density at radius 1 is 0.862 bits per heavy atom. The van der Waals surface area contributed by atoms with Crippen molar-refractivity contribution < 1.29 is 19.5 Å². The van der Waals surface area contributed by atoms with Crippen molar-refractivity contribution in [3.05, 3.63) is 101 Å². The van der Waals surface area contributed by atoms with E-state index < -0.39 is 12.0 Å². The first-order valence-electron chi connectivity index (χ1n) is 8.90. The van der Waals surface area contributed by atoms with E-state index in [1.807, 2.05) is 0 Å². The molecule has 3 aromatic carbocycles. The molecule has 29 heavy (non-hydrogen) atoms. The van der Waals surface area contributed by atoms with Crippen molar-refractivity contribution in [3.8, 4) is 0 Å². The van der Waals surface area contributed by atoms with Crippen LogP contribution in [-0.2, 0) is 4.79 Å². The zero-order valence-corrected chi connectivity index (χ0v) is 16.1. The van der Waals surface area contributed by atoms with Crippen LogP contribution in [0.2, 0.25) is 5.02 Å². The molecule has 0 saturated carbocycles. The molecule has 3 aromatic rings. The summed E-state index contributed by atoms with van der Waals surface area (Å²) in [5.41, 5.74) is 1.31. The number of carbonyl (C=O) groups is 3. The molecule has 146 valence electrons. The molecule has 0 amide bonds. The minimum absolute atomic E-state index is 0.210. The number of anilines is 1. The second-order valence-corrected chi connectivity index (χ2v) is 6.83. The Bertz CT molecular complexity index is 1040. The fraction of sp³-hybridized carbons (Fsp3) is 0.0870. The third kappa shape index (κ3) is 5.09. The van der Waals surface area contributed by atoms with E-state index in [1.54, 1.807) is 60.7 Å². The van der Waals surface area contributed by atoms with Crippen molar-refractivity contribution in [2.45, 2.75) is 12.5 Å². The van der Waals surface area contributed by atoms with E-state index in [4.69, 9.17) is 11.6 Å². The van der Waals surface area contributed by atoms with Crippen molar-refractivity contribution in [1.82, 2.24) is 0 Å². The van der Waals surface area contributed by atoms with Crippen molar-refractivity contribution >= 4 is 34.8 Å². The summed E-state index contributed by atoms with van der Waals surface area (Å²) < 4.78 is 0. The predicted octanol–water partition coefficient (Wildman–Crippen LogP) is 3.37. The molecule has 0 fully saturated rings. The van der Waals surface area contributed by atoms with Gasteiger partial charge in [0.15, 0.2) is 11.6 Å². The number of nitrogens with one attached hydrogen (secondary N) is 1. The number of carboxylic acid groups (broad SMARTS) is 1. The Hall–Kier alpha value is -3.44. The third-order valence-corrected chi connectivity index (χ3v) is 4.60. The number of ketones is 2. The predicted molar refractivity (Wildman–Crippen MR) is 109 cm³/mol. The molecule has 0 aliphatic heterocycles. The number of hydrogen-bond acceptors (Lipinski definition) is 5. The second-order valence-electron chi connectivity index (χ2n) is 6.39. The van der Waals surface area contributed by atoms with Gasteiger partial charge in [-0.25, -0.2) is 0 Å². The van der Waals surface area contributed by atoms with Gasteiger partial charge in [-0.2, -0.15) is 0 Å². The maximum Gasteiger partial charge on any atom is 0.195 e. The molecular formula is C23H17ClNO4-. The quantitative estimate of drug-likeness (QED) is 0.579. The molecule has 0 unspecified atom stereocenters. The van der Waals surface area contributed by atoms with Crippen LogP contribution in [0.25, 0.3) is 0 Å². The minimum Gasteiger partial charge on any atom is -0.548 e. The lowest BCUT2D eigenvalue weighted by Crippen LogP contribution is -2.42. The highest BCUT2D eigenvalue weighted by Gasteiger charge is 2.20. The normalized spacial score (nSPS) is 11.5. The lowest BCUT2D eigenvalue weighted by molar-refractivity contribution is -0.306. The standard InChI is InChI=1S/C23H18ClNO4/c24-17-11-12-19(18(13-17)22(27)16-9-5-2-6-10-16)25-20(23(28)29)14-21(26)15-7-3-1-4-8-15/h1-13,20,25H,14H2,(H,28,29)/p-1/t20-/m1/s1. The molecule has 0 spiro atoms. The lowest BCUT2D eigenvalue weighted by atomic mass is 9.99. The van der Waals surface area contributed by atoms with Crippen LogP contribution < -0.4 is 10.4 Å². The van der Waals surface area contributed by atoms with Crippen LogP contribution in [0.3, 0.4) is 0 Å². The smallest absolute Gasteiger partial charge is 0.195 e. The molecule has 5 nitrogen and oxygen atoms in total. The zero-order chi connectivity index (χ0) is 20.8. The van der Waals surface area contributed by atoms with Gasteiger partial charge < -0.3 is 15.2 Å². The summed E-state index contributed by atoms with van der Waals surface area (Å²) in [6, 6.07) is 20.1. The average molecular weight is 407 g/mol. The van der Waals surface area contributed by atoms with Crippen molar-refractivity contribution in [2.75, 3.05) is 5.32 Å². The van der Waals surface area contributed by atoms with Crippen LogP contribution in [0.15, 0.2) is 78.9 Å². The highest BCUT2D eigenvalue weighted by atomic mass is 35.5. The van der Waals surface area contributed by atoms with E-state index in [2.05, 4.69) is 5.32 Å². The Labute approximate surface area is 173 Å². The maximum atomic E-state index is 12.9. The Balaban J connectivity index is 1.88. The molecule has 3 rings (SSSR count). The molecule has 0 aromatic heterocycles. The number of carboxylic acids is 1. The number of hydrogen-bond donors (Lipinski definition) is 1. The van der Waals surface area contributed by atoms with Gasteiger partial charge in [-0.05, 0) is 18.2 Å². The number of Topliss-reactive ketones (excluding diaryl/α,β-unsaturated/α-hetero) is 1. The minimum atomic E-state index is -1.44. The summed E-state index contributed by atoms with van der Waals surface area (Å²) >= 11 is 6.05. The van der Waals surface area contributed by atoms with Crippen molar-refractivity contribution in [3.63, 3.8) is 0 Å². The molecule has 0 saturated heterocycles. The molecule has 1 atom stereocenters. The van der Waals surface area contributed by atoms with E-state index >= 15 is 0 Å². The monoisotopic (exact) mass is 406 g/mol. The van der Waals surface area contributed by atoms with E-state index in [0.29, 0.717) is 16.1 Å². The van der Waals surface area contributed by atoms with Crippen LogP contribution in [0, 0.1) is 0 Å². The van der Waals surface area contributed by atoms with E-state index in [-0.39, 0.29) is 29.2 Å². The summed E-state index contributed by atoms with van der Waals surface area (Å²) in [4.78, 5) is 37.0. The van der Waals surface area contributed by atoms with Gasteiger partial charge in [-0.15, -0.1) is 0 Å². The van der Waals surface area contributed by atoms with Crippen LogP contribution >= 0.6 is 11.6 Å². The largest absolute Gasteiger partial charge is 0.548 e. The molecule has 0 aliphatic rings. The SMILES string of the molecule is O=C(C[C@@H](Nc1ccc(Cl)cc1C(=O)c1ccccc1)C(=O)[O-])c1ccccc1. The van der Waals surface area contributed by atoms with Crippen LogP contribution in [0.5, 0.6) is 0 Å². The van der Waals surface area contributed by atoms with Gasteiger partial charge in [0.25, 0.3) is 0 Å². The van der Waals surface area contributed by atoms with Crippen molar-refractivity contribution in [2.24, 2.45) is 0 Å². The van der Waals surface area contributed by atoms with E-state index in [9.17, 15) is 19.5 Å². The summed E-state index contributed by atoms with van der Waals surface area (Å²) in [6.45, 7) is 0. The zero-order valence-electron chi connectivity index (χ0n) is 15.3. The topological polar surface area (TPSA) is 86.3 Å². The Kier molecular flexibility index (Phi) is 6.42. The number of aliphatic carboxylic acids is 1. The highest BCUT2D eigenvalue weighted by molar-refractivity contribution is 6.31. The average Bonchev–Trinajstić information content (AvgIpc) is 2.75. The van der Waals surface area contributed by atoms with Gasteiger partial charge in [0, 0.05) is 33.8 Å². The van der Waals surface area contributed by atoms with Gasteiger partial charge in [-0.3, -0.25) is 9.59 Å². The number of carbonyl (C=O) groups excluding carboxylic acids is 3. The van der Waals surface area contributed by atoms with Crippen LogP contribution in [0.4, 0.5) is 5.69 Å². The molecule has 1 N–H and O–H groups in total. The van der Waals surface area contributed by atoms with Crippen LogP contribution in [-0.4, -0.2) is 23.6 Å². The number of benzene rings is 3. The molecule has 0 bridgehead atoms. The first kappa shape index (κ1) is 20.3. The third-order valence-electron chi connectivity index (χ3n) is 4.36. The van der Waals surface area contributed by atoms with E-state index in [0.717, 1.165) is 0 Å². The molecule has 0 radical (unpaired) electrons. The van der Waals surface area contributed by atoms with Gasteiger partial charge in [-0.1, -0.05) is 72.3 Å². The summed E-state index contributed by atoms with van der Waals surface area (Å²) in [6.07, 6.45) is -0.325. The second kappa shape index (κ2) is 9.17. The van der Waals surface area contributed by atoms with Crippen molar-refractivity contribution in [1.29, 1.82) is 0 Å². The summed E-state index contributed by atoms with van der Waals surface area (Å²) in [7, 11) is 0. The Morgan fingerprint density at radius 2 is 1.45 bits per heavy atom. The number of halogens is 1. The maximum absolute atomic E-state index is 12.9. The Morgan fingerprint density at radius 3 is 2.03 bits per heavy atom. The lowest BCUT2D eigenvalue weighted by Gasteiger charge is -2.22. The number of rotatable bonds is 8. The molecule has 6 heteroatoms. The fourth-order valence-corrected chi connectivity index (χ4v) is 3.06. The summed E-state index contributed by atoms with van der Waals surface area (Å²) in [5, 5.41) is 14.7. The van der Waals surface area contributed by atoms with Gasteiger partial charge in [0.2, 0.25) is 0 Å². The highest BCUT2D eigenvalue weighted by Crippen LogP contribution is 2.25. The fourth-order valence-electron chi connectivity index (χ4n) is 2.88. The first-order valence-corrected chi connectivity index (χ1v) is 9.28. The molecule has 0 aliphatic carbocycles.